The molecule has 146 valence electrons. The molecule has 0 amide bonds. The van der Waals surface area contributed by atoms with Crippen molar-refractivity contribution in [3.05, 3.63) is 64.0 Å². The minimum Gasteiger partial charge on any atom is -0.465 e. The lowest BCUT2D eigenvalue weighted by molar-refractivity contribution is -0.155. The van der Waals surface area contributed by atoms with E-state index in [0.717, 1.165) is 19.3 Å². The van der Waals surface area contributed by atoms with Crippen LogP contribution in [-0.2, 0) is 9.53 Å². The van der Waals surface area contributed by atoms with Crippen molar-refractivity contribution in [1.29, 1.82) is 0 Å². The van der Waals surface area contributed by atoms with E-state index in [1.807, 2.05) is 0 Å². The van der Waals surface area contributed by atoms with Gasteiger partial charge in [0.1, 0.15) is 5.75 Å². The van der Waals surface area contributed by atoms with E-state index in [4.69, 9.17) is 21.1 Å². The van der Waals surface area contributed by atoms with Crippen LogP contribution in [0.5, 0.6) is 5.75 Å². The maximum absolute atomic E-state index is 11.4. The fourth-order valence-corrected chi connectivity index (χ4v) is 2.54. The number of carbonyl (C=O) groups excluding carboxylic acids is 1. The van der Waals surface area contributed by atoms with E-state index < -0.39 is 5.79 Å². The molecule has 5 heteroatoms. The molecular weight excluding hydrogens is 364 g/mol. The Morgan fingerprint density at radius 1 is 1.04 bits per heavy atom. The molecule has 3 rings (SSSR count). The predicted molar refractivity (Wildman–Crippen MR) is 107 cm³/mol. The van der Waals surface area contributed by atoms with E-state index in [0.29, 0.717) is 17.2 Å². The zero-order valence-electron chi connectivity index (χ0n) is 15.9. The summed E-state index contributed by atoms with van der Waals surface area (Å²) in [6, 6.07) is 15.2. The number of hydrogen-bond donors (Lipinski definition) is 1. The van der Waals surface area contributed by atoms with Crippen molar-refractivity contribution in [2.45, 2.75) is 51.7 Å². The highest BCUT2D eigenvalue weighted by atomic mass is 35.5. The molecule has 0 saturated carbocycles. The van der Waals surface area contributed by atoms with Crippen LogP contribution in [-0.4, -0.2) is 23.5 Å². The van der Waals surface area contributed by atoms with Crippen molar-refractivity contribution in [3.8, 4) is 5.75 Å². The minimum atomic E-state index is -1.39. The second kappa shape index (κ2) is 10.3. The van der Waals surface area contributed by atoms with Gasteiger partial charge < -0.3 is 14.6 Å². The third-order valence-electron chi connectivity index (χ3n) is 4.18. The summed E-state index contributed by atoms with van der Waals surface area (Å²) in [6.45, 7) is 3.74. The lowest BCUT2D eigenvalue weighted by Gasteiger charge is -2.24. The maximum Gasteiger partial charge on any atom is 0.305 e. The first kappa shape index (κ1) is 21.3. The predicted octanol–water partition coefficient (Wildman–Crippen LogP) is 5.23. The van der Waals surface area contributed by atoms with Gasteiger partial charge in [-0.05, 0) is 41.1 Å². The summed E-state index contributed by atoms with van der Waals surface area (Å²) in [4.78, 5) is 11.4. The quantitative estimate of drug-likeness (QED) is 0.309. The summed E-state index contributed by atoms with van der Waals surface area (Å²) in [5, 5.41) is 13.6. The summed E-state index contributed by atoms with van der Waals surface area (Å²) in [6.07, 6.45) is 3.56. The Bertz CT molecular complexity index is 765. The van der Waals surface area contributed by atoms with Crippen LogP contribution >= 0.6 is 11.6 Å². The van der Waals surface area contributed by atoms with Crippen molar-refractivity contribution >= 4 is 17.6 Å². The van der Waals surface area contributed by atoms with E-state index in [1.165, 1.54) is 17.4 Å². The Kier molecular flexibility index (Phi) is 8.14. The van der Waals surface area contributed by atoms with Gasteiger partial charge in [-0.15, -0.1) is 0 Å². The summed E-state index contributed by atoms with van der Waals surface area (Å²) in [5.41, 5.74) is 0. The summed E-state index contributed by atoms with van der Waals surface area (Å²) >= 11 is 5.78. The topological polar surface area (TPSA) is 55.8 Å². The van der Waals surface area contributed by atoms with Gasteiger partial charge in [-0.1, -0.05) is 55.6 Å². The molecule has 1 aromatic carbocycles. The monoisotopic (exact) mass is 390 g/mol. The highest BCUT2D eigenvalue weighted by molar-refractivity contribution is 6.30. The molecule has 0 saturated heterocycles. The smallest absolute Gasteiger partial charge is 0.305 e. The number of carbonyl (C=O) groups is 1. The van der Waals surface area contributed by atoms with Gasteiger partial charge in [0.05, 0.1) is 6.61 Å². The fraction of sp³-hybridized carbons (Fsp3) is 0.409. The third-order valence-corrected chi connectivity index (χ3v) is 4.44. The number of benzene rings is 2. The van der Waals surface area contributed by atoms with Gasteiger partial charge in [0, 0.05) is 24.8 Å². The summed E-state index contributed by atoms with van der Waals surface area (Å²) in [7, 11) is 0. The van der Waals surface area contributed by atoms with Gasteiger partial charge in [0.25, 0.3) is 0 Å². The van der Waals surface area contributed by atoms with Gasteiger partial charge in [-0.2, -0.15) is 0 Å². The average molecular weight is 391 g/mol. The zero-order chi connectivity index (χ0) is 19.7. The number of esters is 1. The molecule has 0 aliphatic heterocycles. The normalized spacial score (nSPS) is 13.0. The highest BCUT2D eigenvalue weighted by Gasteiger charge is 2.23. The van der Waals surface area contributed by atoms with Crippen LogP contribution in [0.1, 0.15) is 46.0 Å². The highest BCUT2D eigenvalue weighted by Crippen LogP contribution is 2.21. The van der Waals surface area contributed by atoms with Crippen molar-refractivity contribution in [1.82, 2.24) is 0 Å². The molecule has 0 aromatic heterocycles. The molecule has 0 fully saturated rings. The van der Waals surface area contributed by atoms with E-state index >= 15 is 0 Å². The molecule has 4 nitrogen and oxygen atoms in total. The molecule has 0 radical (unpaired) electrons. The first-order valence-corrected chi connectivity index (χ1v) is 9.70. The van der Waals surface area contributed by atoms with Crippen LogP contribution in [0.25, 0.3) is 0 Å². The molecule has 1 unspecified atom stereocenters. The molecule has 2 aliphatic rings. The Balaban J connectivity index is 0.000000358. The molecule has 2 aliphatic carbocycles. The maximum atomic E-state index is 11.4. The van der Waals surface area contributed by atoms with E-state index in [9.17, 15) is 9.90 Å². The van der Waals surface area contributed by atoms with Crippen molar-refractivity contribution in [3.63, 3.8) is 0 Å². The number of halogens is 1. The molecule has 0 heterocycles. The van der Waals surface area contributed by atoms with E-state index in [-0.39, 0.29) is 19.0 Å². The molecule has 1 atom stereocenters. The van der Waals surface area contributed by atoms with Crippen LogP contribution in [0.15, 0.2) is 48.5 Å². The van der Waals surface area contributed by atoms with Gasteiger partial charge in [-0.25, -0.2) is 0 Å². The lowest BCUT2D eigenvalue weighted by Crippen LogP contribution is -2.33. The largest absolute Gasteiger partial charge is 0.465 e. The molecule has 27 heavy (non-hydrogen) atoms. The van der Waals surface area contributed by atoms with Gasteiger partial charge in [-0.3, -0.25) is 4.79 Å². The summed E-state index contributed by atoms with van der Waals surface area (Å²) < 4.78 is 10.5. The second-order valence-electron chi connectivity index (χ2n) is 6.74. The Morgan fingerprint density at radius 3 is 2.11 bits per heavy atom. The van der Waals surface area contributed by atoms with E-state index in [1.54, 1.807) is 24.3 Å². The molecule has 1 aromatic rings. The Morgan fingerprint density at radius 2 is 1.63 bits per heavy atom. The minimum absolute atomic E-state index is 0.131. The van der Waals surface area contributed by atoms with Gasteiger partial charge >= 0.3 is 5.97 Å². The number of ether oxygens (including phenoxy) is 2. The summed E-state index contributed by atoms with van der Waals surface area (Å²) in [5.74, 6) is -1.11. The lowest BCUT2D eigenvalue weighted by atomic mass is 10.1. The molecule has 1 N–H and O–H groups in total. The SMILES string of the molecule is CCCCCC(=O)OCCC(C)(O)Oc1ccc(Cl)cc1.c1cc2ccc1=2. The number of unbranched alkanes of at least 4 members (excludes halogenated alkanes) is 2. The molecule has 0 spiro atoms. The molecule has 0 bridgehead atoms. The second-order valence-corrected chi connectivity index (χ2v) is 7.17. The third kappa shape index (κ3) is 7.61. The van der Waals surface area contributed by atoms with Crippen LogP contribution in [0.3, 0.4) is 0 Å². The zero-order valence-corrected chi connectivity index (χ0v) is 16.7. The van der Waals surface area contributed by atoms with Crippen molar-refractivity contribution in [2.75, 3.05) is 6.61 Å². The van der Waals surface area contributed by atoms with Gasteiger partial charge in [0.2, 0.25) is 5.79 Å². The van der Waals surface area contributed by atoms with Crippen molar-refractivity contribution in [2.24, 2.45) is 0 Å². The van der Waals surface area contributed by atoms with Gasteiger partial charge in [0.15, 0.2) is 0 Å². The molecular formula is C22H27ClO4. The Hall–Kier alpha value is -2.04. The standard InChI is InChI=1S/C16H23ClO4.C6H4/c1-3-4-5-6-15(18)20-12-11-16(2,19)21-14-9-7-13(17)8-10-14;1-2-6-4-3-5(1)6/h7-10,19H,3-6,11-12H2,1-2H3;1-4H. The van der Waals surface area contributed by atoms with Crippen LogP contribution < -0.4 is 4.74 Å². The van der Waals surface area contributed by atoms with Crippen LogP contribution in [0.2, 0.25) is 5.02 Å². The number of hydrogen-bond acceptors (Lipinski definition) is 4. The average Bonchev–Trinajstić information content (AvgIpc) is 2.60. The van der Waals surface area contributed by atoms with Crippen LogP contribution in [0, 0.1) is 10.4 Å². The van der Waals surface area contributed by atoms with Crippen LogP contribution in [0.4, 0.5) is 0 Å². The number of aliphatic hydroxyl groups is 1. The fourth-order valence-electron chi connectivity index (χ4n) is 2.42. The first-order valence-electron chi connectivity index (χ1n) is 9.32. The number of rotatable bonds is 9. The van der Waals surface area contributed by atoms with E-state index in [2.05, 4.69) is 31.2 Å². The van der Waals surface area contributed by atoms with Crippen molar-refractivity contribution < 1.29 is 19.4 Å². The Labute approximate surface area is 165 Å². The first-order chi connectivity index (χ1) is 12.9.